The van der Waals surface area contributed by atoms with Gasteiger partial charge in [-0.3, -0.25) is 0 Å². The molecule has 1 aromatic rings. The highest BCUT2D eigenvalue weighted by Crippen LogP contribution is 2.18. The van der Waals surface area contributed by atoms with E-state index >= 15 is 0 Å². The first kappa shape index (κ1) is 26.7. The summed E-state index contributed by atoms with van der Waals surface area (Å²) in [6, 6.07) is 8.04. The zero-order valence-electron chi connectivity index (χ0n) is 18.9. The molecule has 1 aromatic carbocycles. The van der Waals surface area contributed by atoms with Crippen molar-refractivity contribution in [2.24, 2.45) is 10.9 Å². The van der Waals surface area contributed by atoms with Gasteiger partial charge < -0.3 is 25.2 Å². The van der Waals surface area contributed by atoms with E-state index in [9.17, 15) is 0 Å². The Kier molecular flexibility index (Phi) is 13.8. The van der Waals surface area contributed by atoms with Gasteiger partial charge in [0.15, 0.2) is 5.96 Å². The summed E-state index contributed by atoms with van der Waals surface area (Å²) in [6.45, 7) is 20.2. The number of guanidine groups is 1. The van der Waals surface area contributed by atoms with Gasteiger partial charge in [0, 0.05) is 51.4 Å². The van der Waals surface area contributed by atoms with Gasteiger partial charge in [-0.1, -0.05) is 44.7 Å². The molecule has 0 amide bonds. The van der Waals surface area contributed by atoms with Crippen LogP contribution in [0.15, 0.2) is 41.9 Å². The van der Waals surface area contributed by atoms with Crippen LogP contribution in [0.2, 0.25) is 0 Å². The summed E-state index contributed by atoms with van der Waals surface area (Å²) in [5, 5.41) is 6.86. The summed E-state index contributed by atoms with van der Waals surface area (Å²) in [7, 11) is 0. The third-order valence-corrected chi connectivity index (χ3v) is 5.18. The van der Waals surface area contributed by atoms with Crippen molar-refractivity contribution < 1.29 is 4.74 Å². The highest BCUT2D eigenvalue weighted by atomic mass is 127. The largest absolute Gasteiger partial charge is 0.489 e. The van der Waals surface area contributed by atoms with Crippen molar-refractivity contribution in [1.29, 1.82) is 0 Å². The van der Waals surface area contributed by atoms with Crippen LogP contribution in [0.3, 0.4) is 0 Å². The van der Waals surface area contributed by atoms with E-state index in [0.717, 1.165) is 43.5 Å². The van der Waals surface area contributed by atoms with Crippen LogP contribution in [0, 0.1) is 5.92 Å². The van der Waals surface area contributed by atoms with Crippen LogP contribution in [0.25, 0.3) is 0 Å². The van der Waals surface area contributed by atoms with E-state index < -0.39 is 0 Å². The Balaban J connectivity index is 0.00000450. The van der Waals surface area contributed by atoms with Crippen LogP contribution < -0.4 is 15.4 Å². The number of piperazine rings is 1. The van der Waals surface area contributed by atoms with Crippen LogP contribution in [-0.2, 0) is 6.54 Å². The highest BCUT2D eigenvalue weighted by Gasteiger charge is 2.17. The SMILES string of the molecule is C=CCOc1ccccc1CN=C(NCC)NCC(C)CN1CCN(CC)CC1.I. The van der Waals surface area contributed by atoms with Crippen molar-refractivity contribution in [3.63, 3.8) is 0 Å². The first-order valence-corrected chi connectivity index (χ1v) is 10.9. The molecule has 0 aromatic heterocycles. The fourth-order valence-corrected chi connectivity index (χ4v) is 3.49. The summed E-state index contributed by atoms with van der Waals surface area (Å²) in [4.78, 5) is 9.86. The number of para-hydroxylation sites is 1. The van der Waals surface area contributed by atoms with Crippen LogP contribution >= 0.6 is 24.0 Å². The molecule has 2 N–H and O–H groups in total. The van der Waals surface area contributed by atoms with Gasteiger partial charge in [0.2, 0.25) is 0 Å². The molecule has 0 radical (unpaired) electrons. The molecule has 2 rings (SSSR count). The van der Waals surface area contributed by atoms with Crippen LogP contribution in [0.5, 0.6) is 5.75 Å². The number of hydrogen-bond acceptors (Lipinski definition) is 4. The second-order valence-corrected chi connectivity index (χ2v) is 7.62. The maximum Gasteiger partial charge on any atom is 0.191 e. The lowest BCUT2D eigenvalue weighted by Gasteiger charge is -2.35. The molecule has 6 nitrogen and oxygen atoms in total. The molecule has 1 atom stereocenters. The second-order valence-electron chi connectivity index (χ2n) is 7.62. The zero-order chi connectivity index (χ0) is 20.9. The molecule has 170 valence electrons. The number of halogens is 1. The fourth-order valence-electron chi connectivity index (χ4n) is 3.49. The molecule has 7 heteroatoms. The lowest BCUT2D eigenvalue weighted by molar-refractivity contribution is 0.124. The highest BCUT2D eigenvalue weighted by molar-refractivity contribution is 14.0. The van der Waals surface area contributed by atoms with Crippen molar-refractivity contribution >= 4 is 29.9 Å². The number of ether oxygens (including phenoxy) is 1. The average molecular weight is 530 g/mol. The Morgan fingerprint density at radius 2 is 1.87 bits per heavy atom. The van der Waals surface area contributed by atoms with E-state index in [4.69, 9.17) is 9.73 Å². The van der Waals surface area contributed by atoms with E-state index in [2.05, 4.69) is 53.8 Å². The van der Waals surface area contributed by atoms with Crippen molar-refractivity contribution in [2.45, 2.75) is 27.3 Å². The quantitative estimate of drug-likeness (QED) is 0.200. The molecule has 1 unspecified atom stereocenters. The molecule has 0 aliphatic carbocycles. The van der Waals surface area contributed by atoms with Crippen molar-refractivity contribution in [2.75, 3.05) is 59.0 Å². The van der Waals surface area contributed by atoms with Gasteiger partial charge in [-0.15, -0.1) is 24.0 Å². The maximum atomic E-state index is 5.74. The first-order valence-electron chi connectivity index (χ1n) is 10.9. The minimum atomic E-state index is 0. The second kappa shape index (κ2) is 15.5. The molecule has 30 heavy (non-hydrogen) atoms. The topological polar surface area (TPSA) is 52.1 Å². The van der Waals surface area contributed by atoms with Crippen LogP contribution in [-0.4, -0.2) is 74.7 Å². The smallest absolute Gasteiger partial charge is 0.191 e. The summed E-state index contributed by atoms with van der Waals surface area (Å²) in [5.74, 6) is 2.29. The monoisotopic (exact) mass is 529 g/mol. The van der Waals surface area contributed by atoms with Gasteiger partial charge in [0.1, 0.15) is 12.4 Å². The van der Waals surface area contributed by atoms with Gasteiger partial charge in [0.25, 0.3) is 0 Å². The van der Waals surface area contributed by atoms with Gasteiger partial charge in [-0.25, -0.2) is 4.99 Å². The molecule has 0 saturated carbocycles. The molecular formula is C23H40IN5O. The molecular weight excluding hydrogens is 489 g/mol. The fraction of sp³-hybridized carbons (Fsp3) is 0.609. The molecule has 1 saturated heterocycles. The minimum absolute atomic E-state index is 0. The molecule has 1 heterocycles. The summed E-state index contributed by atoms with van der Waals surface area (Å²) in [6.07, 6.45) is 1.76. The Bertz CT molecular complexity index is 632. The van der Waals surface area contributed by atoms with Gasteiger partial charge >= 0.3 is 0 Å². The minimum Gasteiger partial charge on any atom is -0.489 e. The molecule has 1 aliphatic rings. The summed E-state index contributed by atoms with van der Waals surface area (Å²) >= 11 is 0. The zero-order valence-corrected chi connectivity index (χ0v) is 21.2. The summed E-state index contributed by atoms with van der Waals surface area (Å²) < 4.78 is 5.74. The van der Waals surface area contributed by atoms with Crippen LogP contribution in [0.4, 0.5) is 0 Å². The van der Waals surface area contributed by atoms with Crippen molar-refractivity contribution in [1.82, 2.24) is 20.4 Å². The van der Waals surface area contributed by atoms with Gasteiger partial charge in [0.05, 0.1) is 6.54 Å². The number of benzene rings is 1. The average Bonchev–Trinajstić information content (AvgIpc) is 2.75. The lowest BCUT2D eigenvalue weighted by atomic mass is 10.1. The standard InChI is InChI=1S/C23H39N5O.HI/c1-5-16-29-22-11-9-8-10-21(22)18-26-23(24-6-2)25-17-20(4)19-28-14-12-27(7-3)13-15-28;/h5,8-11,20H,1,6-7,12-19H2,2-4H3,(H2,24,25,26);1H. The molecule has 1 fully saturated rings. The van der Waals surface area contributed by atoms with E-state index in [-0.39, 0.29) is 24.0 Å². The molecule has 1 aliphatic heterocycles. The number of nitrogens with zero attached hydrogens (tertiary/aromatic N) is 3. The first-order chi connectivity index (χ1) is 14.2. The Labute approximate surface area is 200 Å². The maximum absolute atomic E-state index is 5.74. The van der Waals surface area contributed by atoms with Gasteiger partial charge in [-0.2, -0.15) is 0 Å². The summed E-state index contributed by atoms with van der Waals surface area (Å²) in [5.41, 5.74) is 1.08. The van der Waals surface area contributed by atoms with Crippen molar-refractivity contribution in [3.8, 4) is 5.75 Å². The number of likely N-dealkylation sites (N-methyl/N-ethyl adjacent to an activating group) is 1. The van der Waals surface area contributed by atoms with Gasteiger partial charge in [-0.05, 0) is 25.5 Å². The predicted octanol–water partition coefficient (Wildman–Crippen LogP) is 3.20. The molecule has 0 spiro atoms. The Hall–Kier alpha value is -1.32. The Morgan fingerprint density at radius 1 is 1.17 bits per heavy atom. The lowest BCUT2D eigenvalue weighted by Crippen LogP contribution is -2.48. The van der Waals surface area contributed by atoms with Crippen molar-refractivity contribution in [3.05, 3.63) is 42.5 Å². The number of nitrogens with one attached hydrogen (secondary N) is 2. The number of aliphatic imine (C=N–C) groups is 1. The van der Waals surface area contributed by atoms with Crippen LogP contribution in [0.1, 0.15) is 26.3 Å². The number of hydrogen-bond donors (Lipinski definition) is 2. The predicted molar refractivity (Wildman–Crippen MR) is 138 cm³/mol. The van der Waals surface area contributed by atoms with E-state index in [1.165, 1.54) is 26.2 Å². The van der Waals surface area contributed by atoms with E-state index in [1.54, 1.807) is 6.08 Å². The third-order valence-electron chi connectivity index (χ3n) is 5.18. The number of rotatable bonds is 11. The van der Waals surface area contributed by atoms with E-state index in [0.29, 0.717) is 19.1 Å². The Morgan fingerprint density at radius 3 is 2.53 bits per heavy atom. The molecule has 0 bridgehead atoms. The third kappa shape index (κ3) is 9.66. The van der Waals surface area contributed by atoms with E-state index in [1.807, 2.05) is 18.2 Å². The normalized spacial score (nSPS) is 16.4.